The molecule has 0 fully saturated rings. The summed E-state index contributed by atoms with van der Waals surface area (Å²) in [6.45, 7) is 8.81. The van der Waals surface area contributed by atoms with Crippen LogP contribution in [0.25, 0.3) is 0 Å². The Morgan fingerprint density at radius 2 is 1.60 bits per heavy atom. The van der Waals surface area contributed by atoms with E-state index in [0.29, 0.717) is 12.1 Å². The standard InChI is InChI=1S/C7H14N.BrH.W/c1-6(2)8(5)7(3)4;;/h6-7H,1-4H3;1H;/q;;+1/p-1. The van der Waals surface area contributed by atoms with Crippen LogP contribution in [0.2, 0.25) is 0 Å². The van der Waals surface area contributed by atoms with Crippen molar-refractivity contribution in [2.75, 3.05) is 0 Å². The van der Waals surface area contributed by atoms with Crippen molar-refractivity contribution in [2.24, 2.45) is 0 Å². The van der Waals surface area contributed by atoms with Crippen molar-refractivity contribution in [3.8, 4) is 4.33 Å². The molecule has 0 radical (unpaired) electrons. The molecule has 60 valence electrons. The summed E-state index contributed by atoms with van der Waals surface area (Å²) in [5.74, 6) is 0. The predicted octanol–water partition coefficient (Wildman–Crippen LogP) is 2.41. The molecule has 0 heterocycles. The van der Waals surface area contributed by atoms with Gasteiger partial charge >= 0.3 is 78.1 Å². The van der Waals surface area contributed by atoms with Crippen molar-refractivity contribution in [3.63, 3.8) is 0 Å². The SMILES string of the molecule is CC(C)N([C]#[W][Br])C(C)C. The quantitative estimate of drug-likeness (QED) is 0.670. The van der Waals surface area contributed by atoms with E-state index >= 15 is 0 Å². The van der Waals surface area contributed by atoms with Gasteiger partial charge in [0.05, 0.1) is 0 Å². The Labute approximate surface area is 78.0 Å². The third-order valence-electron chi connectivity index (χ3n) is 1.25. The van der Waals surface area contributed by atoms with Crippen molar-refractivity contribution in [2.45, 2.75) is 39.8 Å². The fraction of sp³-hybridized carbons (Fsp3) is 0.857. The third-order valence-corrected chi connectivity index (χ3v) is 3.44. The molecule has 0 unspecified atom stereocenters. The molecule has 1 nitrogen and oxygen atoms in total. The van der Waals surface area contributed by atoms with E-state index in [4.69, 9.17) is 0 Å². The van der Waals surface area contributed by atoms with Crippen LogP contribution in [-0.4, -0.2) is 17.0 Å². The van der Waals surface area contributed by atoms with Gasteiger partial charge in [0.1, 0.15) is 0 Å². The Kier molecular flexibility index (Phi) is 6.05. The van der Waals surface area contributed by atoms with E-state index in [1.54, 1.807) is 0 Å². The molecule has 0 amide bonds. The summed E-state index contributed by atoms with van der Waals surface area (Å²) in [4.78, 5) is 2.29. The second kappa shape index (κ2) is 5.54. The van der Waals surface area contributed by atoms with Crippen LogP contribution in [0.1, 0.15) is 27.7 Å². The second-order valence-electron chi connectivity index (χ2n) is 2.76. The van der Waals surface area contributed by atoms with E-state index in [-0.39, 0.29) is 0 Å². The molecule has 3 heteroatoms. The molecule has 0 N–H and O–H groups in total. The fourth-order valence-corrected chi connectivity index (χ4v) is 4.02. The monoisotopic (exact) mass is 375 g/mol. The van der Waals surface area contributed by atoms with E-state index in [1.165, 1.54) is 0 Å². The van der Waals surface area contributed by atoms with Crippen molar-refractivity contribution < 1.29 is 15.8 Å². The first-order valence-electron chi connectivity index (χ1n) is 3.41. The van der Waals surface area contributed by atoms with Gasteiger partial charge in [0.25, 0.3) is 0 Å². The molecule has 0 aliphatic carbocycles. The summed E-state index contributed by atoms with van der Waals surface area (Å²) >= 11 is 3.06. The van der Waals surface area contributed by atoms with Gasteiger partial charge in [0.15, 0.2) is 0 Å². The van der Waals surface area contributed by atoms with E-state index in [0.717, 1.165) is 0 Å². The normalized spacial score (nSPS) is 10.8. The average Bonchev–Trinajstić information content (AvgIpc) is 1.81. The number of hydrogen-bond donors (Lipinski definition) is 0. The van der Waals surface area contributed by atoms with Crippen LogP contribution < -0.4 is 0 Å². The van der Waals surface area contributed by atoms with Gasteiger partial charge in [-0.15, -0.1) is 0 Å². The van der Waals surface area contributed by atoms with Crippen molar-refractivity contribution >= 4 is 13.3 Å². The maximum atomic E-state index is 3.50. The Hall–Kier alpha value is 0.908. The molecule has 0 aliphatic heterocycles. The first-order valence-corrected chi connectivity index (χ1v) is 11.3. The molecule has 10 heavy (non-hydrogen) atoms. The van der Waals surface area contributed by atoms with Crippen molar-refractivity contribution in [3.05, 3.63) is 0 Å². The van der Waals surface area contributed by atoms with Gasteiger partial charge in [-0.05, 0) is 0 Å². The molecule has 0 bridgehead atoms. The fourth-order valence-electron chi connectivity index (χ4n) is 0.847. The van der Waals surface area contributed by atoms with Gasteiger partial charge in [0.2, 0.25) is 0 Å². The number of nitrogens with zero attached hydrogens (tertiary/aromatic N) is 1. The Bertz CT molecular complexity index is 137. The molecule has 0 aliphatic rings. The maximum absolute atomic E-state index is 3.50. The zero-order valence-electron chi connectivity index (χ0n) is 6.89. The Morgan fingerprint density at radius 1 is 1.20 bits per heavy atom. The van der Waals surface area contributed by atoms with Crippen LogP contribution in [0.15, 0.2) is 0 Å². The number of halogens is 1. The van der Waals surface area contributed by atoms with Crippen LogP contribution in [0, 0.1) is 4.33 Å². The van der Waals surface area contributed by atoms with E-state index in [1.807, 2.05) is 0 Å². The molecule has 0 aromatic carbocycles. The average molecular weight is 376 g/mol. The molecule has 0 saturated heterocycles. The van der Waals surface area contributed by atoms with Crippen molar-refractivity contribution in [1.29, 1.82) is 0 Å². The molecular weight excluding hydrogens is 362 g/mol. The van der Waals surface area contributed by atoms with Gasteiger partial charge in [-0.1, -0.05) is 0 Å². The molecule has 0 aromatic rings. The molecule has 0 saturated carbocycles. The molecule has 0 rings (SSSR count). The van der Waals surface area contributed by atoms with Gasteiger partial charge < -0.3 is 0 Å². The first kappa shape index (κ1) is 10.9. The van der Waals surface area contributed by atoms with Gasteiger partial charge in [-0.3, -0.25) is 0 Å². The minimum absolute atomic E-state index is 0.441. The summed E-state index contributed by atoms with van der Waals surface area (Å²) in [5, 5.41) is 0. The van der Waals surface area contributed by atoms with Crippen LogP contribution >= 0.6 is 13.3 Å². The van der Waals surface area contributed by atoms with Gasteiger partial charge in [-0.25, -0.2) is 0 Å². The van der Waals surface area contributed by atoms with Crippen LogP contribution in [0.5, 0.6) is 0 Å². The van der Waals surface area contributed by atoms with E-state index in [9.17, 15) is 0 Å². The Balaban J connectivity index is 4.07. The summed E-state index contributed by atoms with van der Waals surface area (Å²) in [6, 6.07) is 1.19. The summed E-state index contributed by atoms with van der Waals surface area (Å²) in [7, 11) is 0. The van der Waals surface area contributed by atoms with Gasteiger partial charge in [-0.2, -0.15) is 0 Å². The van der Waals surface area contributed by atoms with Crippen molar-refractivity contribution in [1.82, 2.24) is 4.90 Å². The topological polar surface area (TPSA) is 3.24 Å². The molecule has 0 atom stereocenters. The summed E-state index contributed by atoms with van der Waals surface area (Å²) in [5.41, 5.74) is 0. The van der Waals surface area contributed by atoms with Crippen LogP contribution in [0.4, 0.5) is 0 Å². The summed E-state index contributed by atoms with van der Waals surface area (Å²) in [6.07, 6.45) is 0. The third kappa shape index (κ3) is 3.93. The number of rotatable bonds is 2. The first-order chi connectivity index (χ1) is 4.59. The molecular formula is C7H14BrNW. The number of hydrogen-bond acceptors (Lipinski definition) is 1. The van der Waals surface area contributed by atoms with E-state index in [2.05, 4.69) is 50.2 Å². The van der Waals surface area contributed by atoms with E-state index < -0.39 is 15.8 Å². The second-order valence-corrected chi connectivity index (χ2v) is 6.62. The zero-order valence-corrected chi connectivity index (χ0v) is 11.4. The summed E-state index contributed by atoms with van der Waals surface area (Å²) < 4.78 is 3.40. The molecule has 0 aromatic heterocycles. The predicted molar refractivity (Wildman–Crippen MR) is 44.9 cm³/mol. The minimum atomic E-state index is -0.441. The van der Waals surface area contributed by atoms with Crippen LogP contribution in [0.3, 0.4) is 0 Å². The van der Waals surface area contributed by atoms with Crippen LogP contribution in [-0.2, 0) is 15.8 Å². The van der Waals surface area contributed by atoms with Gasteiger partial charge in [0, 0.05) is 0 Å². The Morgan fingerprint density at radius 3 is 1.70 bits per heavy atom. The molecule has 0 spiro atoms. The zero-order chi connectivity index (χ0) is 8.15.